The number of nitrogens with one attached hydrogen (secondary N) is 1. The number of aromatic nitrogens is 3. The number of ether oxygens (including phenoxy) is 3. The monoisotopic (exact) mass is 669 g/mol. The Kier molecular flexibility index (Phi) is 8.86. The van der Waals surface area contributed by atoms with Crippen molar-refractivity contribution in [3.8, 4) is 40.0 Å². The minimum Gasteiger partial charge on any atom is -0.494 e. The Bertz CT molecular complexity index is 2150. The van der Waals surface area contributed by atoms with E-state index < -0.39 is 22.7 Å². The van der Waals surface area contributed by atoms with Crippen molar-refractivity contribution in [3.63, 3.8) is 0 Å². The summed E-state index contributed by atoms with van der Waals surface area (Å²) in [4.78, 5) is 28.4. The van der Waals surface area contributed by atoms with E-state index in [-0.39, 0.29) is 45.7 Å². The number of nitrogens with zero attached hydrogens (tertiary/aromatic N) is 4. The Balaban J connectivity index is 1.18. The second kappa shape index (κ2) is 13.4. The molecule has 0 aliphatic rings. The summed E-state index contributed by atoms with van der Waals surface area (Å²) in [6, 6.07) is 25.6. The van der Waals surface area contributed by atoms with Crippen molar-refractivity contribution in [2.45, 2.75) is 20.0 Å². The third kappa shape index (κ3) is 7.59. The van der Waals surface area contributed by atoms with Crippen LogP contribution < -0.4 is 19.5 Å². The van der Waals surface area contributed by atoms with Crippen LogP contribution in [0.1, 0.15) is 28.7 Å². The molecule has 0 saturated carbocycles. The van der Waals surface area contributed by atoms with Gasteiger partial charge in [-0.1, -0.05) is 29.8 Å². The average molecular weight is 670 g/mol. The Morgan fingerprint density at radius 3 is 2.00 bits per heavy atom. The molecular formula is C35H26F3N5O6. The highest BCUT2D eigenvalue weighted by Crippen LogP contribution is 2.35. The maximum atomic E-state index is 14.0. The minimum atomic E-state index is -4.77. The minimum absolute atomic E-state index is 0.0841. The number of aryl methyl sites for hydroxylation is 1. The number of rotatable bonds is 10. The van der Waals surface area contributed by atoms with E-state index in [9.17, 15) is 28.1 Å². The number of hydrogen-bond acceptors (Lipinski definition) is 8. The van der Waals surface area contributed by atoms with Crippen LogP contribution in [0.25, 0.3) is 16.9 Å². The molecule has 0 spiro atoms. The third-order valence-electron chi connectivity index (χ3n) is 7.09. The van der Waals surface area contributed by atoms with Gasteiger partial charge in [-0.15, -0.1) is 0 Å². The number of alkyl halides is 3. The van der Waals surface area contributed by atoms with Crippen LogP contribution in [-0.2, 0) is 6.18 Å². The zero-order valence-corrected chi connectivity index (χ0v) is 25.9. The van der Waals surface area contributed by atoms with Crippen LogP contribution in [0.2, 0.25) is 0 Å². The quantitative estimate of drug-likeness (QED) is 0.113. The molecule has 4 aromatic carbocycles. The van der Waals surface area contributed by atoms with Gasteiger partial charge in [0.05, 0.1) is 29.4 Å². The molecule has 0 unspecified atom stereocenters. The molecule has 0 bridgehead atoms. The van der Waals surface area contributed by atoms with Crippen molar-refractivity contribution >= 4 is 22.9 Å². The van der Waals surface area contributed by atoms with Gasteiger partial charge in [-0.05, 0) is 68.4 Å². The summed E-state index contributed by atoms with van der Waals surface area (Å²) < 4.78 is 59.7. The van der Waals surface area contributed by atoms with Gasteiger partial charge in [0.25, 0.3) is 11.6 Å². The molecule has 1 N–H and O–H groups in total. The molecule has 0 atom stereocenters. The first-order valence-corrected chi connectivity index (χ1v) is 14.8. The molecule has 0 aliphatic carbocycles. The molecule has 0 aliphatic heterocycles. The average Bonchev–Trinajstić information content (AvgIpc) is 3.51. The maximum Gasteiger partial charge on any atom is 0.433 e. The Labute approximate surface area is 276 Å². The van der Waals surface area contributed by atoms with Gasteiger partial charge >= 0.3 is 6.18 Å². The van der Waals surface area contributed by atoms with Crippen LogP contribution >= 0.6 is 0 Å². The van der Waals surface area contributed by atoms with Gasteiger partial charge < -0.3 is 19.5 Å². The van der Waals surface area contributed by atoms with Gasteiger partial charge in [0, 0.05) is 23.4 Å². The first kappa shape index (κ1) is 32.5. The zero-order chi connectivity index (χ0) is 34.7. The van der Waals surface area contributed by atoms with Gasteiger partial charge in [0.1, 0.15) is 28.7 Å². The van der Waals surface area contributed by atoms with Crippen molar-refractivity contribution in [1.29, 1.82) is 0 Å². The molecule has 0 fully saturated rings. The van der Waals surface area contributed by atoms with Crippen LogP contribution in [0.3, 0.4) is 0 Å². The summed E-state index contributed by atoms with van der Waals surface area (Å²) in [7, 11) is 0. The van der Waals surface area contributed by atoms with Gasteiger partial charge in [0.2, 0.25) is 0 Å². The summed E-state index contributed by atoms with van der Waals surface area (Å²) in [6.07, 6.45) is -4.77. The fraction of sp³-hybridized carbons (Fsp3) is 0.114. The molecule has 49 heavy (non-hydrogen) atoms. The third-order valence-corrected chi connectivity index (χ3v) is 7.09. The van der Waals surface area contributed by atoms with Gasteiger partial charge in [-0.2, -0.15) is 18.3 Å². The van der Waals surface area contributed by atoms with Gasteiger partial charge in [0.15, 0.2) is 17.0 Å². The van der Waals surface area contributed by atoms with Crippen molar-refractivity contribution in [3.05, 3.63) is 130 Å². The normalized spacial score (nSPS) is 11.3. The number of anilines is 1. The predicted octanol–water partition coefficient (Wildman–Crippen LogP) is 8.87. The van der Waals surface area contributed by atoms with E-state index in [4.69, 9.17) is 14.2 Å². The molecule has 0 radical (unpaired) electrons. The fourth-order valence-electron chi connectivity index (χ4n) is 4.78. The number of fused-ring (bicyclic) bond motifs is 1. The van der Waals surface area contributed by atoms with E-state index in [1.165, 1.54) is 48.5 Å². The number of benzene rings is 4. The molecule has 6 aromatic rings. The molecule has 2 aromatic heterocycles. The summed E-state index contributed by atoms with van der Waals surface area (Å²) >= 11 is 0. The second-order valence-electron chi connectivity index (χ2n) is 10.7. The van der Waals surface area contributed by atoms with E-state index in [1.807, 2.05) is 13.8 Å². The summed E-state index contributed by atoms with van der Waals surface area (Å²) in [5.74, 6) is 0.877. The molecule has 1 amide bonds. The molecule has 6 rings (SSSR count). The lowest BCUT2D eigenvalue weighted by Crippen LogP contribution is -2.15. The number of hydrogen-bond donors (Lipinski definition) is 1. The lowest BCUT2D eigenvalue weighted by Gasteiger charge is -2.11. The zero-order valence-electron chi connectivity index (χ0n) is 25.9. The van der Waals surface area contributed by atoms with Gasteiger partial charge in [-0.3, -0.25) is 14.9 Å². The van der Waals surface area contributed by atoms with E-state index in [0.29, 0.717) is 28.2 Å². The predicted molar refractivity (Wildman–Crippen MR) is 173 cm³/mol. The highest BCUT2D eigenvalue weighted by Gasteiger charge is 2.35. The van der Waals surface area contributed by atoms with Crippen LogP contribution in [0.5, 0.6) is 28.7 Å². The van der Waals surface area contributed by atoms with Crippen molar-refractivity contribution in [2.75, 3.05) is 11.9 Å². The highest BCUT2D eigenvalue weighted by molar-refractivity contribution is 6.03. The van der Waals surface area contributed by atoms with Crippen LogP contribution in [0, 0.1) is 17.0 Å². The van der Waals surface area contributed by atoms with Crippen molar-refractivity contribution in [2.24, 2.45) is 0 Å². The molecular weight excluding hydrogens is 643 g/mol. The number of nitro groups is 1. The smallest absolute Gasteiger partial charge is 0.433 e. The molecule has 248 valence electrons. The Hall–Kier alpha value is -6.44. The van der Waals surface area contributed by atoms with Crippen LogP contribution in [0.4, 0.5) is 24.5 Å². The summed E-state index contributed by atoms with van der Waals surface area (Å²) in [5.41, 5.74) is 0.0188. The molecule has 0 saturated heterocycles. The lowest BCUT2D eigenvalue weighted by molar-refractivity contribution is -0.385. The maximum absolute atomic E-state index is 14.0. The van der Waals surface area contributed by atoms with Gasteiger partial charge in [-0.25, -0.2) is 9.50 Å². The summed E-state index contributed by atoms with van der Waals surface area (Å²) in [5, 5.41) is 18.1. The number of carbonyl (C=O) groups is 1. The Morgan fingerprint density at radius 2 is 1.43 bits per heavy atom. The first-order chi connectivity index (χ1) is 23.4. The van der Waals surface area contributed by atoms with E-state index in [2.05, 4.69) is 15.4 Å². The van der Waals surface area contributed by atoms with Crippen molar-refractivity contribution < 1.29 is 37.1 Å². The standard InChI is InChI=1S/C35H26F3N5O6/c1-3-47-25-12-14-27(15-13-25)49-29-17-24(43(45)46)16-28(18-29)48-26-10-8-23(9-11-26)39-34(44)31-20-33-40-30(22-6-4-21(2)5-7-22)19-32(35(36,37)38)42(33)41-31/h4-20H,3H2,1-2H3,(H,39,44). The SMILES string of the molecule is CCOc1ccc(Oc2cc(Oc3ccc(NC(=O)c4cc5nc(-c6ccc(C)cc6)cc(C(F)(F)F)n5n4)cc3)cc([N+](=O)[O-])c2)cc1. The number of non-ortho nitro benzene ring substituents is 1. The topological polar surface area (TPSA) is 130 Å². The molecule has 11 nitrogen and oxygen atoms in total. The van der Waals surface area contributed by atoms with Crippen molar-refractivity contribution in [1.82, 2.24) is 14.6 Å². The lowest BCUT2D eigenvalue weighted by atomic mass is 10.1. The van der Waals surface area contributed by atoms with Crippen LogP contribution in [-0.4, -0.2) is 32.0 Å². The second-order valence-corrected chi connectivity index (χ2v) is 10.7. The molecule has 14 heteroatoms. The highest BCUT2D eigenvalue weighted by atomic mass is 19.4. The molecule has 2 heterocycles. The number of carbonyl (C=O) groups excluding carboxylic acids is 1. The Morgan fingerprint density at radius 1 is 0.837 bits per heavy atom. The van der Waals surface area contributed by atoms with Crippen LogP contribution in [0.15, 0.2) is 103 Å². The number of amides is 1. The van der Waals surface area contributed by atoms with E-state index in [1.54, 1.807) is 48.5 Å². The summed E-state index contributed by atoms with van der Waals surface area (Å²) in [6.45, 7) is 4.22. The first-order valence-electron chi connectivity index (χ1n) is 14.8. The number of halogens is 3. The largest absolute Gasteiger partial charge is 0.494 e. The number of nitro benzene ring substituents is 1. The van der Waals surface area contributed by atoms with E-state index in [0.717, 1.165) is 11.6 Å². The fourth-order valence-corrected chi connectivity index (χ4v) is 4.78. The van der Waals surface area contributed by atoms with E-state index >= 15 is 0 Å².